The number of para-hydroxylation sites is 1. The van der Waals surface area contributed by atoms with Gasteiger partial charge in [-0.05, 0) is 124 Å². The molecule has 0 aliphatic carbocycles. The van der Waals surface area contributed by atoms with Crippen molar-refractivity contribution < 1.29 is 28.7 Å². The summed E-state index contributed by atoms with van der Waals surface area (Å²) in [5.74, 6) is -1.70. The number of piperidine rings is 2. The molecular weight excluding hydrogens is 847 g/mol. The van der Waals surface area contributed by atoms with E-state index in [1.165, 1.54) is 4.57 Å². The zero-order valence-corrected chi connectivity index (χ0v) is 38.4. The highest BCUT2D eigenvalue weighted by atomic mass is 16.5. The Labute approximate surface area is 390 Å². The molecule has 3 aliphatic rings. The second-order valence-corrected chi connectivity index (χ2v) is 18.4. The average molecular weight is 906 g/mol. The molecule has 0 bridgehead atoms. The Morgan fingerprint density at radius 1 is 0.687 bits per heavy atom. The number of rotatable bonds is 13. The third kappa shape index (κ3) is 10.4. The van der Waals surface area contributed by atoms with Crippen LogP contribution in [0.1, 0.15) is 75.4 Å². The Balaban J connectivity index is 0.893. The summed E-state index contributed by atoms with van der Waals surface area (Å²) < 4.78 is 14.4. The molecule has 5 heterocycles. The number of hydrogen-bond donors (Lipinski definition) is 0. The summed E-state index contributed by atoms with van der Waals surface area (Å²) in [4.78, 5) is 77.5. The fourth-order valence-electron chi connectivity index (χ4n) is 10.3. The Morgan fingerprint density at radius 2 is 1.31 bits per heavy atom. The van der Waals surface area contributed by atoms with Crippen LogP contribution in [0.25, 0.3) is 21.8 Å². The van der Waals surface area contributed by atoms with Crippen LogP contribution in [0.5, 0.6) is 0 Å². The predicted molar refractivity (Wildman–Crippen MR) is 255 cm³/mol. The van der Waals surface area contributed by atoms with Crippen LogP contribution in [0.15, 0.2) is 114 Å². The number of aromatic nitrogens is 3. The maximum atomic E-state index is 14.7. The van der Waals surface area contributed by atoms with E-state index in [4.69, 9.17) is 9.47 Å². The van der Waals surface area contributed by atoms with Gasteiger partial charge in [-0.1, -0.05) is 60.7 Å². The predicted octanol–water partition coefficient (Wildman–Crippen LogP) is 6.48. The number of hydrogen-bond acceptors (Lipinski definition) is 10. The van der Waals surface area contributed by atoms with Gasteiger partial charge in [-0.2, -0.15) is 5.10 Å². The molecule has 3 fully saturated rings. The molecule has 14 nitrogen and oxygen atoms in total. The molecule has 14 heteroatoms. The van der Waals surface area contributed by atoms with Crippen LogP contribution >= 0.6 is 0 Å². The van der Waals surface area contributed by atoms with Gasteiger partial charge in [-0.15, -0.1) is 0 Å². The van der Waals surface area contributed by atoms with E-state index in [-0.39, 0.29) is 43.2 Å². The lowest BCUT2D eigenvalue weighted by Gasteiger charge is -2.43. The number of benzene rings is 4. The lowest BCUT2D eigenvalue weighted by atomic mass is 9.88. The number of aryl methyl sites for hydroxylation is 1. The van der Waals surface area contributed by atoms with Crippen molar-refractivity contribution in [2.45, 2.75) is 70.9 Å². The van der Waals surface area contributed by atoms with Gasteiger partial charge in [-0.3, -0.25) is 23.9 Å². The Bertz CT molecular complexity index is 2780. The van der Waals surface area contributed by atoms with Gasteiger partial charge in [0.25, 0.3) is 5.56 Å². The highest BCUT2D eigenvalue weighted by molar-refractivity contribution is 5.90. The molecule has 3 saturated heterocycles. The van der Waals surface area contributed by atoms with Crippen molar-refractivity contribution in [1.29, 1.82) is 0 Å². The highest BCUT2D eigenvalue weighted by Gasteiger charge is 2.34. The molecule has 2 aromatic heterocycles. The molecule has 0 N–H and O–H groups in total. The lowest BCUT2D eigenvalue weighted by molar-refractivity contribution is -0.143. The van der Waals surface area contributed by atoms with Gasteiger partial charge in [0.1, 0.15) is 0 Å². The first-order valence-electron chi connectivity index (χ1n) is 23.6. The molecule has 9 rings (SSSR count). The molecule has 0 saturated carbocycles. The second-order valence-electron chi connectivity index (χ2n) is 18.4. The fourth-order valence-corrected chi connectivity index (χ4v) is 10.3. The normalized spacial score (nSPS) is 17.2. The van der Waals surface area contributed by atoms with Crippen LogP contribution in [0.3, 0.4) is 0 Å². The minimum absolute atomic E-state index is 0.00258. The van der Waals surface area contributed by atoms with Crippen molar-refractivity contribution in [3.63, 3.8) is 0 Å². The van der Waals surface area contributed by atoms with Gasteiger partial charge in [0.15, 0.2) is 13.5 Å². The molecule has 6 aromatic rings. The Hall–Kier alpha value is -6.64. The summed E-state index contributed by atoms with van der Waals surface area (Å²) in [5, 5.41) is 6.27. The van der Waals surface area contributed by atoms with Crippen molar-refractivity contribution in [2.24, 2.45) is 5.92 Å². The van der Waals surface area contributed by atoms with E-state index in [9.17, 15) is 24.0 Å². The van der Waals surface area contributed by atoms with Crippen molar-refractivity contribution in [2.75, 3.05) is 59.4 Å². The summed E-state index contributed by atoms with van der Waals surface area (Å²) in [6.07, 6.45) is 5.63. The van der Waals surface area contributed by atoms with E-state index in [2.05, 4.69) is 21.9 Å². The number of ether oxygens (including phenoxy) is 2. The number of esters is 2. The number of carbonyl (C=O) groups excluding carboxylic acids is 4. The molecule has 2 amide bonds. The maximum absolute atomic E-state index is 14.7. The molecule has 0 spiro atoms. The Morgan fingerprint density at radius 3 is 1.99 bits per heavy atom. The minimum atomic E-state index is -0.579. The van der Waals surface area contributed by atoms with E-state index in [1.54, 1.807) is 59.4 Å². The summed E-state index contributed by atoms with van der Waals surface area (Å²) in [7, 11) is 2.17. The van der Waals surface area contributed by atoms with E-state index >= 15 is 0 Å². The van der Waals surface area contributed by atoms with Crippen molar-refractivity contribution in [1.82, 2.24) is 33.9 Å². The zero-order valence-electron chi connectivity index (χ0n) is 38.4. The summed E-state index contributed by atoms with van der Waals surface area (Å²) >= 11 is 0. The molecule has 348 valence electrons. The Kier molecular flexibility index (Phi) is 13.9. The van der Waals surface area contributed by atoms with Gasteiger partial charge in [-0.25, -0.2) is 14.3 Å². The van der Waals surface area contributed by atoms with E-state index in [0.717, 1.165) is 66.4 Å². The smallest absolute Gasteiger partial charge is 0.339 e. The van der Waals surface area contributed by atoms with Gasteiger partial charge < -0.3 is 24.2 Å². The highest BCUT2D eigenvalue weighted by Crippen LogP contribution is 2.31. The molecule has 0 unspecified atom stereocenters. The number of nitrogens with zero attached hydrogens (tertiary/aromatic N) is 7. The molecule has 0 radical (unpaired) electrons. The second kappa shape index (κ2) is 20.5. The third-order valence-corrected chi connectivity index (χ3v) is 14.0. The number of likely N-dealkylation sites (tertiary alicyclic amines) is 2. The van der Waals surface area contributed by atoms with Crippen molar-refractivity contribution >= 4 is 45.6 Å². The summed E-state index contributed by atoms with van der Waals surface area (Å²) in [6.45, 7) is 7.68. The van der Waals surface area contributed by atoms with Gasteiger partial charge in [0.2, 0.25) is 11.8 Å². The van der Waals surface area contributed by atoms with Crippen LogP contribution < -0.4 is 5.56 Å². The maximum Gasteiger partial charge on any atom is 0.339 e. The summed E-state index contributed by atoms with van der Waals surface area (Å²) in [6, 6.07) is 31.7. The van der Waals surface area contributed by atoms with Crippen LogP contribution in [0, 0.1) is 12.8 Å². The zero-order chi connectivity index (χ0) is 46.4. The van der Waals surface area contributed by atoms with Crippen LogP contribution in [-0.2, 0) is 38.9 Å². The van der Waals surface area contributed by atoms with Crippen LogP contribution in [0.2, 0.25) is 0 Å². The quantitative estimate of drug-likeness (QED) is 0.118. The largest absolute Gasteiger partial charge is 0.440 e. The van der Waals surface area contributed by atoms with E-state index < -0.39 is 17.9 Å². The fraction of sp³-hybridized carbons (Fsp3) is 0.396. The topological polar surface area (TPSA) is 140 Å². The van der Waals surface area contributed by atoms with Gasteiger partial charge in [0, 0.05) is 62.7 Å². The van der Waals surface area contributed by atoms with E-state index in [0.29, 0.717) is 73.7 Å². The average Bonchev–Trinajstić information content (AvgIpc) is 3.79. The van der Waals surface area contributed by atoms with Gasteiger partial charge >= 0.3 is 11.9 Å². The number of amides is 2. The molecule has 67 heavy (non-hydrogen) atoms. The first-order valence-corrected chi connectivity index (χ1v) is 23.6. The minimum Gasteiger partial charge on any atom is -0.440 e. The first kappa shape index (κ1) is 45.5. The molecule has 4 aromatic carbocycles. The first-order chi connectivity index (χ1) is 32.6. The third-order valence-electron chi connectivity index (χ3n) is 14.0. The summed E-state index contributed by atoms with van der Waals surface area (Å²) in [5.41, 5.74) is 4.67. The number of carbonyl (C=O) groups is 4. The molecule has 1 atom stereocenters. The van der Waals surface area contributed by atoms with Crippen LogP contribution in [0.4, 0.5) is 0 Å². The standard InChI is InChI=1S/C53H59N7O7/c1-37-29-38(31-44-34-54-60(49(37)44)36-67-53(65)41-13-7-4-8-14-41)30-43(50(62)58-27-25-56(26-28-58)45-19-21-55(2)22-20-45)33-48(61)57-23-17-39(18-24-57)46-32-42-15-9-10-16-47(42)59(51(46)63)35-66-52(64)40-11-5-3-6-12-40/h3-16,29,31-32,34,39,43,45H,17-28,30,33,35-36H2,1-2H3/t43-/m0/s1. The number of pyridine rings is 1. The van der Waals surface area contributed by atoms with E-state index in [1.807, 2.05) is 71.3 Å². The number of piperazine rings is 1. The van der Waals surface area contributed by atoms with Crippen molar-refractivity contribution in [3.8, 4) is 0 Å². The number of fused-ring (bicyclic) bond motifs is 2. The molecular formula is C53H59N7O7. The SMILES string of the molecule is Cc1cc(C[C@@H](CC(=O)N2CCC(c3cc4ccccc4n(COC(=O)c4ccccc4)c3=O)CC2)C(=O)N2CCN(C3CCN(C)CC3)CC2)cc2cnn(COC(=O)c3ccccc3)c12. The molecule has 3 aliphatic heterocycles. The lowest BCUT2D eigenvalue weighted by Crippen LogP contribution is -2.55. The van der Waals surface area contributed by atoms with Crippen molar-refractivity contribution in [3.05, 3.63) is 147 Å². The monoisotopic (exact) mass is 905 g/mol. The van der Waals surface area contributed by atoms with Gasteiger partial charge in [0.05, 0.1) is 34.3 Å². The van der Waals surface area contributed by atoms with Crippen LogP contribution in [-0.4, -0.2) is 123 Å².